The molecule has 1 aliphatic heterocycles. The molecule has 2 heterocycles. The molecule has 8 heteroatoms. The molecule has 3 aromatic rings. The standard InChI is InChI=1S/C19H17FN2O.C2H2O4/c1-11(21(2)3)17-15-10-12(20)8-9-16(15)22-18(17)13-6-4-5-7-14(13)19(22)23;3-1(4)2(5)6/h4-11H,1-3H3;(H,3,4)(H,5,6). The van der Waals surface area contributed by atoms with Gasteiger partial charge in [0.25, 0.3) is 5.91 Å². The maximum atomic E-state index is 13.8. The molecule has 1 atom stereocenters. The van der Waals surface area contributed by atoms with Gasteiger partial charge in [0, 0.05) is 28.1 Å². The number of hydrogen-bond donors (Lipinski definition) is 2. The third-order valence-corrected chi connectivity index (χ3v) is 4.96. The second-order valence-electron chi connectivity index (χ2n) is 6.86. The van der Waals surface area contributed by atoms with E-state index in [-0.39, 0.29) is 17.8 Å². The molecule has 0 fully saturated rings. The number of carbonyl (C=O) groups is 3. The van der Waals surface area contributed by atoms with Gasteiger partial charge in [-0.3, -0.25) is 9.36 Å². The first-order valence-corrected chi connectivity index (χ1v) is 8.75. The summed E-state index contributed by atoms with van der Waals surface area (Å²) in [6, 6.07) is 12.3. The van der Waals surface area contributed by atoms with E-state index in [0.717, 1.165) is 27.7 Å². The van der Waals surface area contributed by atoms with Crippen LogP contribution >= 0.6 is 0 Å². The number of fused-ring (bicyclic) bond motifs is 5. The highest BCUT2D eigenvalue weighted by Crippen LogP contribution is 2.44. The lowest BCUT2D eigenvalue weighted by Gasteiger charge is -2.21. The van der Waals surface area contributed by atoms with Crippen molar-refractivity contribution in [2.75, 3.05) is 14.1 Å². The second kappa shape index (κ2) is 7.48. The minimum atomic E-state index is -1.82. The van der Waals surface area contributed by atoms with Gasteiger partial charge in [-0.25, -0.2) is 14.0 Å². The number of halogens is 1. The van der Waals surface area contributed by atoms with Crippen molar-refractivity contribution in [2.45, 2.75) is 13.0 Å². The van der Waals surface area contributed by atoms with Crippen molar-refractivity contribution < 1.29 is 29.0 Å². The number of rotatable bonds is 2. The molecular weight excluding hydrogens is 379 g/mol. The van der Waals surface area contributed by atoms with E-state index >= 15 is 0 Å². The van der Waals surface area contributed by atoms with Gasteiger partial charge >= 0.3 is 11.9 Å². The van der Waals surface area contributed by atoms with Gasteiger partial charge in [-0.05, 0) is 45.3 Å². The molecule has 1 aromatic heterocycles. The second-order valence-corrected chi connectivity index (χ2v) is 6.86. The molecule has 2 aromatic carbocycles. The summed E-state index contributed by atoms with van der Waals surface area (Å²) < 4.78 is 15.6. The van der Waals surface area contributed by atoms with Crippen LogP contribution in [0, 0.1) is 5.82 Å². The Hall–Kier alpha value is -3.52. The first-order valence-electron chi connectivity index (χ1n) is 8.75. The average molecular weight is 398 g/mol. The fourth-order valence-corrected chi connectivity index (χ4v) is 3.44. The molecule has 0 amide bonds. The third-order valence-electron chi connectivity index (χ3n) is 4.96. The van der Waals surface area contributed by atoms with Crippen LogP contribution < -0.4 is 0 Å². The van der Waals surface area contributed by atoms with E-state index in [1.807, 2.05) is 38.4 Å². The van der Waals surface area contributed by atoms with E-state index < -0.39 is 11.9 Å². The van der Waals surface area contributed by atoms with Crippen molar-refractivity contribution in [1.29, 1.82) is 0 Å². The molecule has 0 saturated heterocycles. The zero-order valence-electron chi connectivity index (χ0n) is 16.0. The van der Waals surface area contributed by atoms with Crippen LogP contribution in [0.15, 0.2) is 42.5 Å². The van der Waals surface area contributed by atoms with Crippen molar-refractivity contribution in [3.05, 3.63) is 59.4 Å². The summed E-state index contributed by atoms with van der Waals surface area (Å²) in [6.45, 7) is 2.08. The van der Waals surface area contributed by atoms with Crippen LogP contribution in [0.3, 0.4) is 0 Å². The van der Waals surface area contributed by atoms with Crippen LogP contribution in [0.2, 0.25) is 0 Å². The Morgan fingerprint density at radius 2 is 1.62 bits per heavy atom. The summed E-state index contributed by atoms with van der Waals surface area (Å²) in [7, 11) is 3.98. The maximum Gasteiger partial charge on any atom is 0.414 e. The minimum Gasteiger partial charge on any atom is -0.473 e. The van der Waals surface area contributed by atoms with Crippen molar-refractivity contribution in [3.8, 4) is 11.3 Å². The molecular formula is C21H19FN2O5. The smallest absolute Gasteiger partial charge is 0.414 e. The quantitative estimate of drug-likeness (QED) is 0.503. The van der Waals surface area contributed by atoms with Gasteiger partial charge in [0.05, 0.1) is 11.2 Å². The van der Waals surface area contributed by atoms with E-state index in [0.29, 0.717) is 5.56 Å². The number of carbonyl (C=O) groups excluding carboxylic acids is 1. The molecule has 4 rings (SSSR count). The molecule has 0 spiro atoms. The number of hydrogen-bond acceptors (Lipinski definition) is 4. The number of carboxylic acid groups (broad SMARTS) is 2. The predicted octanol–water partition coefficient (Wildman–Crippen LogP) is 3.23. The first kappa shape index (κ1) is 20.2. The topological polar surface area (TPSA) is 99.8 Å². The number of benzene rings is 2. The maximum absolute atomic E-state index is 13.8. The molecule has 0 radical (unpaired) electrons. The zero-order valence-corrected chi connectivity index (χ0v) is 16.0. The number of aromatic nitrogens is 1. The van der Waals surface area contributed by atoms with Gasteiger partial charge in [0.1, 0.15) is 5.82 Å². The lowest BCUT2D eigenvalue weighted by atomic mass is 9.97. The number of aliphatic carboxylic acids is 2. The predicted molar refractivity (Wildman–Crippen MR) is 104 cm³/mol. The van der Waals surface area contributed by atoms with Gasteiger partial charge < -0.3 is 15.1 Å². The Kier molecular flexibility index (Phi) is 5.21. The summed E-state index contributed by atoms with van der Waals surface area (Å²) in [5.41, 5.74) is 4.31. The molecule has 0 aliphatic carbocycles. The largest absolute Gasteiger partial charge is 0.473 e. The van der Waals surface area contributed by atoms with Crippen LogP contribution in [0.25, 0.3) is 22.2 Å². The molecule has 1 unspecified atom stereocenters. The Balaban J connectivity index is 0.000000353. The van der Waals surface area contributed by atoms with Crippen LogP contribution in [0.5, 0.6) is 0 Å². The number of carboxylic acids is 2. The fraction of sp³-hybridized carbons (Fsp3) is 0.190. The lowest BCUT2D eigenvalue weighted by molar-refractivity contribution is -0.159. The van der Waals surface area contributed by atoms with Gasteiger partial charge in [0.2, 0.25) is 0 Å². The monoisotopic (exact) mass is 398 g/mol. The average Bonchev–Trinajstić information content (AvgIpc) is 3.14. The van der Waals surface area contributed by atoms with Crippen molar-refractivity contribution >= 4 is 28.7 Å². The van der Waals surface area contributed by atoms with Gasteiger partial charge in [-0.15, -0.1) is 0 Å². The summed E-state index contributed by atoms with van der Waals surface area (Å²) in [5, 5.41) is 15.6. The Bertz CT molecular complexity index is 1140. The highest BCUT2D eigenvalue weighted by Gasteiger charge is 2.34. The molecule has 150 valence electrons. The molecule has 0 saturated carbocycles. The fourth-order valence-electron chi connectivity index (χ4n) is 3.44. The van der Waals surface area contributed by atoms with Crippen molar-refractivity contribution in [2.24, 2.45) is 0 Å². The Labute approximate surface area is 165 Å². The van der Waals surface area contributed by atoms with E-state index in [9.17, 15) is 9.18 Å². The molecule has 29 heavy (non-hydrogen) atoms. The van der Waals surface area contributed by atoms with Gasteiger partial charge in [-0.2, -0.15) is 0 Å². The van der Waals surface area contributed by atoms with Crippen LogP contribution in [-0.4, -0.2) is 51.6 Å². The highest BCUT2D eigenvalue weighted by molar-refractivity contribution is 6.27. The SMILES string of the molecule is CC(c1c2n(c3ccc(F)cc13)C(=O)c1ccccc1-2)N(C)C.O=C(O)C(=O)O. The van der Waals surface area contributed by atoms with E-state index in [4.69, 9.17) is 19.8 Å². The minimum absolute atomic E-state index is 0.0376. The van der Waals surface area contributed by atoms with Crippen LogP contribution in [0.4, 0.5) is 4.39 Å². The molecule has 0 bridgehead atoms. The van der Waals surface area contributed by atoms with E-state index in [1.54, 1.807) is 10.6 Å². The summed E-state index contributed by atoms with van der Waals surface area (Å²) >= 11 is 0. The lowest BCUT2D eigenvalue weighted by Crippen LogP contribution is -2.17. The Morgan fingerprint density at radius 3 is 2.17 bits per heavy atom. The van der Waals surface area contributed by atoms with Gasteiger partial charge in [-0.1, -0.05) is 18.2 Å². The normalized spacial score (nSPS) is 12.9. The molecule has 1 aliphatic rings. The summed E-state index contributed by atoms with van der Waals surface area (Å²) in [6.07, 6.45) is 0. The Morgan fingerprint density at radius 1 is 1.03 bits per heavy atom. The highest BCUT2D eigenvalue weighted by atomic mass is 19.1. The van der Waals surface area contributed by atoms with Crippen molar-refractivity contribution in [1.82, 2.24) is 9.47 Å². The van der Waals surface area contributed by atoms with Crippen molar-refractivity contribution in [3.63, 3.8) is 0 Å². The van der Waals surface area contributed by atoms with E-state index in [1.165, 1.54) is 12.1 Å². The van der Waals surface area contributed by atoms with Crippen LogP contribution in [-0.2, 0) is 9.59 Å². The summed E-state index contributed by atoms with van der Waals surface area (Å²) in [4.78, 5) is 33.1. The van der Waals surface area contributed by atoms with Crippen LogP contribution in [0.1, 0.15) is 28.9 Å². The van der Waals surface area contributed by atoms with E-state index in [2.05, 4.69) is 11.8 Å². The third kappa shape index (κ3) is 3.38. The first-order chi connectivity index (χ1) is 13.6. The van der Waals surface area contributed by atoms with Gasteiger partial charge in [0.15, 0.2) is 0 Å². The molecule has 2 N–H and O–H groups in total. The number of nitrogens with zero attached hydrogens (tertiary/aromatic N) is 2. The molecule has 7 nitrogen and oxygen atoms in total. The summed E-state index contributed by atoms with van der Waals surface area (Å²) in [5.74, 6) is -3.97. The zero-order chi connectivity index (χ0) is 21.5.